The van der Waals surface area contributed by atoms with Gasteiger partial charge in [0.25, 0.3) is 5.91 Å². The van der Waals surface area contributed by atoms with Gasteiger partial charge < -0.3 is 5.32 Å². The molecule has 0 saturated heterocycles. The largest absolute Gasteiger partial charge is 0.374 e. The van der Waals surface area contributed by atoms with Gasteiger partial charge in [-0.2, -0.15) is 5.10 Å². The fourth-order valence-electron chi connectivity index (χ4n) is 1.70. The zero-order valence-electron chi connectivity index (χ0n) is 11.9. The Bertz CT molecular complexity index is 777. The van der Waals surface area contributed by atoms with E-state index in [1.165, 1.54) is 6.21 Å². The second kappa shape index (κ2) is 9.06. The van der Waals surface area contributed by atoms with Crippen LogP contribution in [0.15, 0.2) is 44.4 Å². The molecular weight excluding hydrogens is 504 g/mol. The number of hydrogen-bond donors (Lipinski definition) is 2. The third-order valence-corrected chi connectivity index (χ3v) is 4.82. The first kappa shape index (κ1) is 19.5. The van der Waals surface area contributed by atoms with E-state index in [4.69, 9.17) is 34.8 Å². The van der Waals surface area contributed by atoms with Crippen molar-refractivity contribution in [3.63, 3.8) is 0 Å². The first-order valence-corrected chi connectivity index (χ1v) is 9.24. The molecule has 9 heteroatoms. The molecule has 0 radical (unpaired) electrons. The van der Waals surface area contributed by atoms with Crippen molar-refractivity contribution in [2.45, 2.75) is 0 Å². The van der Waals surface area contributed by atoms with Gasteiger partial charge in [0.05, 0.1) is 23.5 Å². The zero-order chi connectivity index (χ0) is 17.7. The molecule has 0 bridgehead atoms. The lowest BCUT2D eigenvalue weighted by molar-refractivity contribution is -0.119. The Kier molecular flexibility index (Phi) is 7.37. The highest BCUT2D eigenvalue weighted by Gasteiger charge is 2.08. The molecule has 0 saturated carbocycles. The number of rotatable bonds is 5. The van der Waals surface area contributed by atoms with Crippen LogP contribution in [0.3, 0.4) is 0 Å². The smallest absolute Gasteiger partial charge is 0.259 e. The second-order valence-corrected chi connectivity index (χ2v) is 7.55. The minimum absolute atomic E-state index is 0.0323. The van der Waals surface area contributed by atoms with Crippen molar-refractivity contribution in [3.05, 3.63) is 59.9 Å². The van der Waals surface area contributed by atoms with E-state index < -0.39 is 0 Å². The van der Waals surface area contributed by atoms with Crippen molar-refractivity contribution in [1.29, 1.82) is 0 Å². The predicted molar refractivity (Wildman–Crippen MR) is 108 cm³/mol. The van der Waals surface area contributed by atoms with Crippen LogP contribution in [-0.2, 0) is 4.79 Å². The van der Waals surface area contributed by atoms with Crippen molar-refractivity contribution in [2.24, 2.45) is 5.10 Å². The molecule has 4 nitrogen and oxygen atoms in total. The van der Waals surface area contributed by atoms with E-state index in [9.17, 15) is 4.79 Å². The van der Waals surface area contributed by atoms with E-state index >= 15 is 0 Å². The third kappa shape index (κ3) is 5.63. The summed E-state index contributed by atoms with van der Waals surface area (Å²) in [5, 5.41) is 8.42. The van der Waals surface area contributed by atoms with Gasteiger partial charge >= 0.3 is 0 Å². The van der Waals surface area contributed by atoms with E-state index in [1.807, 2.05) is 0 Å². The Labute approximate surface area is 170 Å². The Morgan fingerprint density at radius 3 is 2.38 bits per heavy atom. The Morgan fingerprint density at radius 2 is 1.75 bits per heavy atom. The highest BCUT2D eigenvalue weighted by molar-refractivity contribution is 9.11. The predicted octanol–water partition coefficient (Wildman–Crippen LogP) is 5.73. The van der Waals surface area contributed by atoms with Gasteiger partial charge in [-0.15, -0.1) is 0 Å². The summed E-state index contributed by atoms with van der Waals surface area (Å²) in [6, 6.07) is 8.46. The number of nitrogens with one attached hydrogen (secondary N) is 2. The molecule has 0 fully saturated rings. The summed E-state index contributed by atoms with van der Waals surface area (Å²) < 4.78 is 1.48. The van der Waals surface area contributed by atoms with E-state index in [1.54, 1.807) is 30.3 Å². The van der Waals surface area contributed by atoms with E-state index in [2.05, 4.69) is 47.7 Å². The number of carbonyl (C=O) groups is 1. The van der Waals surface area contributed by atoms with Gasteiger partial charge in [-0.1, -0.05) is 40.9 Å². The quantitative estimate of drug-likeness (QED) is 0.396. The molecule has 2 N–H and O–H groups in total. The van der Waals surface area contributed by atoms with E-state index in [0.717, 1.165) is 14.6 Å². The van der Waals surface area contributed by atoms with Crippen LogP contribution in [0.1, 0.15) is 5.56 Å². The van der Waals surface area contributed by atoms with Crippen LogP contribution < -0.4 is 10.7 Å². The number of benzene rings is 2. The number of nitrogens with zero attached hydrogens (tertiary/aromatic N) is 1. The normalized spacial score (nSPS) is 10.9. The van der Waals surface area contributed by atoms with E-state index in [0.29, 0.717) is 20.6 Å². The highest BCUT2D eigenvalue weighted by Crippen LogP contribution is 2.33. The van der Waals surface area contributed by atoms with Crippen LogP contribution in [0.5, 0.6) is 0 Å². The second-order valence-electron chi connectivity index (χ2n) is 4.56. The van der Waals surface area contributed by atoms with Crippen molar-refractivity contribution in [2.75, 3.05) is 11.9 Å². The molecule has 2 aromatic rings. The minimum atomic E-state index is -0.315. The molecule has 24 heavy (non-hydrogen) atoms. The molecule has 0 atom stereocenters. The molecule has 0 aliphatic rings. The Morgan fingerprint density at radius 1 is 1.08 bits per heavy atom. The zero-order valence-corrected chi connectivity index (χ0v) is 17.4. The average molecular weight is 514 g/mol. The molecule has 0 aliphatic heterocycles. The Hall–Kier alpha value is -0.790. The standard InChI is InChI=1S/C15H10Br2Cl3N3O/c16-11-3-10(19)4-12(17)15(11)21-7-14(24)23-22-6-8-1-2-9(18)5-13(8)20/h1-6,21H,7H2,(H,23,24)/b22-6+. The fraction of sp³-hybridized carbons (Fsp3) is 0.0667. The van der Waals surface area contributed by atoms with Crippen LogP contribution in [0.4, 0.5) is 5.69 Å². The monoisotopic (exact) mass is 511 g/mol. The molecule has 126 valence electrons. The fourth-order valence-corrected chi connectivity index (χ4v) is 4.11. The van der Waals surface area contributed by atoms with Crippen molar-refractivity contribution < 1.29 is 4.79 Å². The molecular formula is C15H10Br2Cl3N3O. The molecule has 1 amide bonds. The SMILES string of the molecule is O=C(CNc1c(Br)cc(Cl)cc1Br)N/N=C/c1ccc(Cl)cc1Cl. The van der Waals surface area contributed by atoms with E-state index in [-0.39, 0.29) is 12.5 Å². The maximum atomic E-state index is 11.8. The molecule has 0 spiro atoms. The van der Waals surface area contributed by atoms with Crippen LogP contribution in [0.25, 0.3) is 0 Å². The van der Waals surface area contributed by atoms with Crippen LogP contribution in [0.2, 0.25) is 15.1 Å². The number of halogens is 5. The molecule has 0 heterocycles. The van der Waals surface area contributed by atoms with Gasteiger partial charge in [0.15, 0.2) is 0 Å². The third-order valence-electron chi connectivity index (χ3n) is 2.79. The van der Waals surface area contributed by atoms with Gasteiger partial charge in [0.1, 0.15) is 0 Å². The van der Waals surface area contributed by atoms with Gasteiger partial charge in [-0.3, -0.25) is 4.79 Å². The molecule has 2 rings (SSSR count). The topological polar surface area (TPSA) is 53.5 Å². The summed E-state index contributed by atoms with van der Waals surface area (Å²) in [7, 11) is 0. The van der Waals surface area contributed by atoms with Crippen LogP contribution >= 0.6 is 66.7 Å². The van der Waals surface area contributed by atoms with Gasteiger partial charge in [0.2, 0.25) is 0 Å². The Balaban J connectivity index is 1.91. The van der Waals surface area contributed by atoms with Crippen molar-refractivity contribution in [1.82, 2.24) is 5.43 Å². The number of hydrogen-bond acceptors (Lipinski definition) is 3. The molecule has 0 unspecified atom stereocenters. The molecule has 0 aromatic heterocycles. The number of amides is 1. The maximum absolute atomic E-state index is 11.8. The van der Waals surface area contributed by atoms with Gasteiger partial charge in [-0.05, 0) is 56.1 Å². The summed E-state index contributed by atoms with van der Waals surface area (Å²) in [4.78, 5) is 11.8. The highest BCUT2D eigenvalue weighted by atomic mass is 79.9. The number of anilines is 1. The molecule has 2 aromatic carbocycles. The minimum Gasteiger partial charge on any atom is -0.374 e. The first-order valence-electron chi connectivity index (χ1n) is 6.52. The number of hydrazone groups is 1. The lowest BCUT2D eigenvalue weighted by atomic mass is 10.2. The van der Waals surface area contributed by atoms with Gasteiger partial charge in [0, 0.05) is 24.6 Å². The summed E-state index contributed by atoms with van der Waals surface area (Å²) >= 11 is 24.5. The number of carbonyl (C=O) groups excluding carboxylic acids is 1. The summed E-state index contributed by atoms with van der Waals surface area (Å²) in [6.07, 6.45) is 1.45. The van der Waals surface area contributed by atoms with Crippen molar-refractivity contribution >= 4 is 84.5 Å². The van der Waals surface area contributed by atoms with Crippen LogP contribution in [0, 0.1) is 0 Å². The maximum Gasteiger partial charge on any atom is 0.259 e. The molecule has 0 aliphatic carbocycles. The lowest BCUT2D eigenvalue weighted by Crippen LogP contribution is -2.26. The average Bonchev–Trinajstić information content (AvgIpc) is 2.48. The summed E-state index contributed by atoms with van der Waals surface area (Å²) in [5.74, 6) is -0.315. The first-order chi connectivity index (χ1) is 11.4. The summed E-state index contributed by atoms with van der Waals surface area (Å²) in [5.41, 5.74) is 3.79. The lowest BCUT2D eigenvalue weighted by Gasteiger charge is -2.10. The van der Waals surface area contributed by atoms with Crippen LogP contribution in [-0.4, -0.2) is 18.7 Å². The van der Waals surface area contributed by atoms with Gasteiger partial charge in [-0.25, -0.2) is 5.43 Å². The summed E-state index contributed by atoms with van der Waals surface area (Å²) in [6.45, 7) is 0.0323. The van der Waals surface area contributed by atoms with Crippen molar-refractivity contribution in [3.8, 4) is 0 Å².